The molecule has 0 aliphatic rings. The van der Waals surface area contributed by atoms with Crippen molar-refractivity contribution < 1.29 is 22.3 Å². The Morgan fingerprint density at radius 3 is 2.39 bits per heavy atom. The van der Waals surface area contributed by atoms with Crippen LogP contribution in [0.25, 0.3) is 28.1 Å². The number of fused-ring (bicyclic) bond motifs is 1. The van der Waals surface area contributed by atoms with Gasteiger partial charge in [0.15, 0.2) is 0 Å². The summed E-state index contributed by atoms with van der Waals surface area (Å²) in [5, 5.41) is 0.398. The van der Waals surface area contributed by atoms with Gasteiger partial charge in [0.1, 0.15) is 18.2 Å². The van der Waals surface area contributed by atoms with Crippen molar-refractivity contribution in [3.63, 3.8) is 0 Å². The lowest BCUT2D eigenvalue weighted by atomic mass is 9.92. The third kappa shape index (κ3) is 5.30. The summed E-state index contributed by atoms with van der Waals surface area (Å²) < 4.78 is 61.7. The second-order valence-electron chi connectivity index (χ2n) is 8.89. The normalized spacial score (nSPS) is 11.5. The van der Waals surface area contributed by atoms with Gasteiger partial charge >= 0.3 is 6.18 Å². The number of pyridine rings is 1. The Balaban J connectivity index is 1.59. The zero-order valence-electron chi connectivity index (χ0n) is 20.3. The van der Waals surface area contributed by atoms with Gasteiger partial charge in [-0.15, -0.1) is 0 Å². The zero-order chi connectivity index (χ0) is 26.7. The lowest BCUT2D eigenvalue weighted by Gasteiger charge is -2.17. The summed E-state index contributed by atoms with van der Waals surface area (Å²) in [5.41, 5.74) is 3.37. The molecule has 38 heavy (non-hydrogen) atoms. The lowest BCUT2D eigenvalue weighted by Crippen LogP contribution is -2.07. The first-order chi connectivity index (χ1) is 18.3. The molecule has 0 fully saturated rings. The molecule has 0 N–H and O–H groups in total. The van der Waals surface area contributed by atoms with E-state index < -0.39 is 17.6 Å². The molecule has 0 atom stereocenters. The number of benzene rings is 4. The standard InChI is InChI=1S/C32H23F4NO/c1-2-21-14-15-29(33)25(16-21)20-38-26-11-6-10-23(18-26)30-24(17-22-8-4-3-5-9-22)19-37-31-27(30)12-7-13-28(31)32(34,35)36/h2-16,18-19H,1,17,20H2. The van der Waals surface area contributed by atoms with Gasteiger partial charge < -0.3 is 4.74 Å². The minimum atomic E-state index is -4.54. The number of hydrogen-bond donors (Lipinski definition) is 0. The summed E-state index contributed by atoms with van der Waals surface area (Å²) in [6, 6.07) is 25.5. The van der Waals surface area contributed by atoms with Gasteiger partial charge in [0.05, 0.1) is 11.1 Å². The first kappa shape index (κ1) is 25.2. The third-order valence-electron chi connectivity index (χ3n) is 6.34. The van der Waals surface area contributed by atoms with E-state index >= 15 is 0 Å². The predicted molar refractivity (Wildman–Crippen MR) is 142 cm³/mol. The van der Waals surface area contributed by atoms with Crippen molar-refractivity contribution in [3.8, 4) is 16.9 Å². The van der Waals surface area contributed by atoms with E-state index in [1.165, 1.54) is 18.3 Å². The SMILES string of the molecule is C=Cc1ccc(F)c(COc2cccc(-c3c(Cc4ccccc4)cnc4c(C(F)(F)F)cccc34)c2)c1. The molecule has 190 valence electrons. The van der Waals surface area contributed by atoms with Crippen LogP contribution in [0.1, 0.15) is 27.8 Å². The molecule has 1 aromatic heterocycles. The minimum Gasteiger partial charge on any atom is -0.489 e. The van der Waals surface area contributed by atoms with Crippen LogP contribution in [0, 0.1) is 5.82 Å². The lowest BCUT2D eigenvalue weighted by molar-refractivity contribution is -0.136. The second-order valence-corrected chi connectivity index (χ2v) is 8.89. The average molecular weight is 514 g/mol. The highest BCUT2D eigenvalue weighted by molar-refractivity contribution is 5.98. The van der Waals surface area contributed by atoms with Gasteiger partial charge in [-0.3, -0.25) is 4.98 Å². The van der Waals surface area contributed by atoms with Crippen LogP contribution >= 0.6 is 0 Å². The van der Waals surface area contributed by atoms with Gasteiger partial charge in [-0.2, -0.15) is 13.2 Å². The summed E-state index contributed by atoms with van der Waals surface area (Å²) in [6.45, 7) is 3.70. The summed E-state index contributed by atoms with van der Waals surface area (Å²) in [4.78, 5) is 4.25. The van der Waals surface area contributed by atoms with E-state index in [-0.39, 0.29) is 12.1 Å². The van der Waals surface area contributed by atoms with Crippen LogP contribution in [0.5, 0.6) is 5.75 Å². The highest BCUT2D eigenvalue weighted by Crippen LogP contribution is 2.39. The molecular weight excluding hydrogens is 490 g/mol. The topological polar surface area (TPSA) is 22.1 Å². The molecule has 5 rings (SSSR count). The molecule has 2 nitrogen and oxygen atoms in total. The van der Waals surface area contributed by atoms with Gasteiger partial charge in [0, 0.05) is 17.1 Å². The molecule has 6 heteroatoms. The number of hydrogen-bond acceptors (Lipinski definition) is 2. The summed E-state index contributed by atoms with van der Waals surface area (Å²) >= 11 is 0. The van der Waals surface area contributed by atoms with Crippen LogP contribution in [0.15, 0.2) is 104 Å². The van der Waals surface area contributed by atoms with Crippen LogP contribution in [-0.4, -0.2) is 4.98 Å². The third-order valence-corrected chi connectivity index (χ3v) is 6.34. The molecular formula is C32H23F4NO. The number of ether oxygens (including phenoxy) is 1. The maximum Gasteiger partial charge on any atom is 0.418 e. The van der Waals surface area contributed by atoms with Crippen LogP contribution in [-0.2, 0) is 19.2 Å². The Hall–Kier alpha value is -4.45. The summed E-state index contributed by atoms with van der Waals surface area (Å²) in [7, 11) is 0. The Labute approximate surface area is 217 Å². The Morgan fingerprint density at radius 1 is 0.842 bits per heavy atom. The van der Waals surface area contributed by atoms with E-state index in [9.17, 15) is 17.6 Å². The van der Waals surface area contributed by atoms with E-state index in [1.54, 1.807) is 42.5 Å². The van der Waals surface area contributed by atoms with Crippen molar-refractivity contribution in [2.75, 3.05) is 0 Å². The fraction of sp³-hybridized carbons (Fsp3) is 0.0938. The Kier molecular flexibility index (Phi) is 6.97. The van der Waals surface area contributed by atoms with E-state index in [4.69, 9.17) is 4.74 Å². The fourth-order valence-corrected chi connectivity index (χ4v) is 4.52. The molecule has 0 saturated carbocycles. The number of alkyl halides is 3. The van der Waals surface area contributed by atoms with Gasteiger partial charge in [0.2, 0.25) is 0 Å². The molecule has 0 bridgehead atoms. The quantitative estimate of drug-likeness (QED) is 0.203. The number of aromatic nitrogens is 1. The zero-order valence-corrected chi connectivity index (χ0v) is 20.3. The van der Waals surface area contributed by atoms with Gasteiger partial charge in [-0.1, -0.05) is 73.3 Å². The van der Waals surface area contributed by atoms with Crippen molar-refractivity contribution in [1.29, 1.82) is 0 Å². The van der Waals surface area contributed by atoms with E-state index in [1.807, 2.05) is 36.4 Å². The molecule has 0 radical (unpaired) electrons. The predicted octanol–water partition coefficient (Wildman–Crippen LogP) is 8.87. The van der Waals surface area contributed by atoms with E-state index in [2.05, 4.69) is 11.6 Å². The highest BCUT2D eigenvalue weighted by atomic mass is 19.4. The van der Waals surface area contributed by atoms with Crippen LogP contribution < -0.4 is 4.74 Å². The molecule has 0 aliphatic heterocycles. The van der Waals surface area contributed by atoms with Crippen LogP contribution in [0.2, 0.25) is 0 Å². The molecule has 0 aliphatic carbocycles. The monoisotopic (exact) mass is 513 g/mol. The Morgan fingerprint density at radius 2 is 1.63 bits per heavy atom. The maximum atomic E-state index is 14.3. The van der Waals surface area contributed by atoms with E-state index in [0.29, 0.717) is 34.2 Å². The first-order valence-electron chi connectivity index (χ1n) is 12.0. The second kappa shape index (κ2) is 10.5. The number of nitrogens with zero attached hydrogens (tertiary/aromatic N) is 1. The number of rotatable bonds is 7. The molecule has 0 spiro atoms. The maximum absolute atomic E-state index is 14.3. The van der Waals surface area contributed by atoms with Crippen LogP contribution in [0.4, 0.5) is 17.6 Å². The van der Waals surface area contributed by atoms with E-state index in [0.717, 1.165) is 22.8 Å². The van der Waals surface area contributed by atoms with Crippen molar-refractivity contribution in [2.24, 2.45) is 0 Å². The summed E-state index contributed by atoms with van der Waals surface area (Å²) in [5.74, 6) is 0.0743. The highest BCUT2D eigenvalue weighted by Gasteiger charge is 2.33. The minimum absolute atomic E-state index is 0.0108. The molecule has 4 aromatic carbocycles. The van der Waals surface area contributed by atoms with Crippen molar-refractivity contribution in [2.45, 2.75) is 19.2 Å². The van der Waals surface area contributed by atoms with Crippen molar-refractivity contribution >= 4 is 17.0 Å². The van der Waals surface area contributed by atoms with Gasteiger partial charge in [-0.05, 0) is 64.6 Å². The van der Waals surface area contributed by atoms with Crippen LogP contribution in [0.3, 0.4) is 0 Å². The van der Waals surface area contributed by atoms with Gasteiger partial charge in [-0.25, -0.2) is 4.39 Å². The molecule has 0 saturated heterocycles. The largest absolute Gasteiger partial charge is 0.489 e. The molecule has 1 heterocycles. The number of halogens is 4. The van der Waals surface area contributed by atoms with Crippen molar-refractivity contribution in [3.05, 3.63) is 137 Å². The fourth-order valence-electron chi connectivity index (χ4n) is 4.52. The smallest absolute Gasteiger partial charge is 0.418 e. The van der Waals surface area contributed by atoms with Crippen molar-refractivity contribution in [1.82, 2.24) is 4.98 Å². The molecule has 0 amide bonds. The Bertz CT molecular complexity index is 1610. The summed E-state index contributed by atoms with van der Waals surface area (Å²) in [6.07, 6.45) is -0.912. The first-order valence-corrected chi connectivity index (χ1v) is 12.0. The average Bonchev–Trinajstić information content (AvgIpc) is 2.92. The molecule has 0 unspecified atom stereocenters. The van der Waals surface area contributed by atoms with Gasteiger partial charge in [0.25, 0.3) is 0 Å². The molecule has 5 aromatic rings. The number of para-hydroxylation sites is 1.